The predicted molar refractivity (Wildman–Crippen MR) is 40.9 cm³/mol. The molecule has 0 unspecified atom stereocenters. The SMILES string of the molecule is [CH]1=Cc2cccc[c]2[In]1. The Labute approximate surface area is 65.9 Å². The van der Waals surface area contributed by atoms with Crippen LogP contribution in [-0.4, -0.2) is 22.9 Å². The van der Waals surface area contributed by atoms with Gasteiger partial charge in [-0.25, -0.2) is 0 Å². The van der Waals surface area contributed by atoms with E-state index in [0.717, 1.165) is 0 Å². The van der Waals surface area contributed by atoms with Gasteiger partial charge in [0.25, 0.3) is 0 Å². The van der Waals surface area contributed by atoms with Crippen molar-refractivity contribution in [3.05, 3.63) is 33.7 Å². The second-order valence-electron chi connectivity index (χ2n) is 2.15. The monoisotopic (exact) mass is 217 g/mol. The van der Waals surface area contributed by atoms with E-state index < -0.39 is 22.9 Å². The van der Waals surface area contributed by atoms with E-state index in [1.807, 2.05) is 0 Å². The fourth-order valence-electron chi connectivity index (χ4n) is 1.07. The Bertz CT molecular complexity index is 250. The summed E-state index contributed by atoms with van der Waals surface area (Å²) in [4.78, 5) is 0. The van der Waals surface area contributed by atoms with Crippen molar-refractivity contribution in [1.82, 2.24) is 0 Å². The second-order valence-corrected chi connectivity index (χ2v) is 5.98. The first kappa shape index (κ1) is 5.60. The third-order valence-corrected chi connectivity index (χ3v) is 5.17. The van der Waals surface area contributed by atoms with Crippen LogP contribution in [0.25, 0.3) is 6.08 Å². The molecular formula is C8H6In. The summed E-state index contributed by atoms with van der Waals surface area (Å²) >= 11 is -0.398. The Morgan fingerprint density at radius 1 is 1.11 bits per heavy atom. The molecule has 0 spiro atoms. The zero-order valence-electron chi connectivity index (χ0n) is 5.04. The van der Waals surface area contributed by atoms with Gasteiger partial charge < -0.3 is 0 Å². The van der Waals surface area contributed by atoms with Gasteiger partial charge in [0.1, 0.15) is 0 Å². The Morgan fingerprint density at radius 2 is 2.00 bits per heavy atom. The van der Waals surface area contributed by atoms with E-state index >= 15 is 0 Å². The van der Waals surface area contributed by atoms with Crippen LogP contribution in [0.2, 0.25) is 0 Å². The summed E-state index contributed by atoms with van der Waals surface area (Å²) in [5.74, 6) is 0. The van der Waals surface area contributed by atoms with E-state index in [-0.39, 0.29) is 0 Å². The van der Waals surface area contributed by atoms with Crippen molar-refractivity contribution in [2.75, 3.05) is 0 Å². The fourth-order valence-corrected chi connectivity index (χ4v) is 4.26. The summed E-state index contributed by atoms with van der Waals surface area (Å²) in [5, 5.41) is 0. The first-order valence-corrected chi connectivity index (χ1v) is 6.62. The maximum atomic E-state index is 2.39. The maximum absolute atomic E-state index is 2.39. The molecule has 2 rings (SSSR count). The molecule has 0 nitrogen and oxygen atoms in total. The van der Waals surface area contributed by atoms with Crippen LogP contribution in [0.3, 0.4) is 0 Å². The molecule has 1 aliphatic heterocycles. The van der Waals surface area contributed by atoms with Crippen molar-refractivity contribution >= 4 is 32.3 Å². The normalized spacial score (nSPS) is 12.9. The van der Waals surface area contributed by atoms with Gasteiger partial charge in [0.2, 0.25) is 0 Å². The molecule has 1 heteroatoms. The number of hydrogen-bond donors (Lipinski definition) is 0. The molecule has 0 bridgehead atoms. The van der Waals surface area contributed by atoms with Crippen LogP contribution in [0.5, 0.6) is 0 Å². The molecule has 0 saturated carbocycles. The molecule has 0 aromatic heterocycles. The summed E-state index contributed by atoms with van der Waals surface area (Å²) in [6.07, 6.45) is 2.26. The standard InChI is InChI=1S/C8H6.In/c1-2-8-6-4-3-5-7-8;/h1-6H;. The molecule has 0 atom stereocenters. The van der Waals surface area contributed by atoms with Gasteiger partial charge in [0.15, 0.2) is 0 Å². The summed E-state index contributed by atoms with van der Waals surface area (Å²) in [6.45, 7) is 0. The number of fused-ring (bicyclic) bond motifs is 1. The molecule has 0 N–H and O–H groups in total. The topological polar surface area (TPSA) is 0 Å². The van der Waals surface area contributed by atoms with Crippen LogP contribution in [0.15, 0.2) is 28.1 Å². The number of hydrogen-bond acceptors (Lipinski definition) is 0. The Morgan fingerprint density at radius 3 is 2.89 bits per heavy atom. The van der Waals surface area contributed by atoms with Gasteiger partial charge in [-0.1, -0.05) is 0 Å². The van der Waals surface area contributed by atoms with Crippen LogP contribution < -0.4 is 3.32 Å². The van der Waals surface area contributed by atoms with Crippen LogP contribution >= 0.6 is 0 Å². The van der Waals surface area contributed by atoms with Crippen molar-refractivity contribution in [2.24, 2.45) is 0 Å². The van der Waals surface area contributed by atoms with E-state index in [1.165, 1.54) is 5.56 Å². The molecule has 0 aliphatic carbocycles. The summed E-state index contributed by atoms with van der Waals surface area (Å²) in [7, 11) is 0. The fraction of sp³-hybridized carbons (Fsp3) is 0. The predicted octanol–water partition coefficient (Wildman–Crippen LogP) is 1.00. The van der Waals surface area contributed by atoms with E-state index in [4.69, 9.17) is 0 Å². The molecule has 1 heterocycles. The number of benzene rings is 1. The van der Waals surface area contributed by atoms with Crippen molar-refractivity contribution in [2.45, 2.75) is 0 Å². The zero-order chi connectivity index (χ0) is 6.10. The average Bonchev–Trinajstić information content (AvgIpc) is 2.33. The van der Waals surface area contributed by atoms with Crippen molar-refractivity contribution in [1.29, 1.82) is 0 Å². The molecule has 1 aromatic rings. The summed E-state index contributed by atoms with van der Waals surface area (Å²) in [5.41, 5.74) is 1.47. The third-order valence-electron chi connectivity index (χ3n) is 1.55. The molecule has 1 aliphatic rings. The molecule has 41 valence electrons. The third kappa shape index (κ3) is 0.940. The van der Waals surface area contributed by atoms with E-state index in [9.17, 15) is 0 Å². The van der Waals surface area contributed by atoms with Crippen LogP contribution in [-0.2, 0) is 0 Å². The Kier molecular flexibility index (Phi) is 1.38. The van der Waals surface area contributed by atoms with Crippen molar-refractivity contribution in [3.63, 3.8) is 0 Å². The summed E-state index contributed by atoms with van der Waals surface area (Å²) < 4.78 is 4.04. The first-order chi connectivity index (χ1) is 4.47. The van der Waals surface area contributed by atoms with Crippen molar-refractivity contribution < 1.29 is 0 Å². The van der Waals surface area contributed by atoms with Gasteiger partial charge in [0, 0.05) is 0 Å². The molecule has 0 amide bonds. The van der Waals surface area contributed by atoms with Crippen LogP contribution in [0.4, 0.5) is 0 Å². The molecule has 1 aromatic carbocycles. The van der Waals surface area contributed by atoms with Gasteiger partial charge >= 0.3 is 66.0 Å². The molecule has 9 heavy (non-hydrogen) atoms. The van der Waals surface area contributed by atoms with Gasteiger partial charge in [-0.2, -0.15) is 0 Å². The van der Waals surface area contributed by atoms with Gasteiger partial charge in [0.05, 0.1) is 0 Å². The zero-order valence-corrected chi connectivity index (χ0v) is 8.34. The average molecular weight is 217 g/mol. The van der Waals surface area contributed by atoms with Gasteiger partial charge in [-0.15, -0.1) is 0 Å². The summed E-state index contributed by atoms with van der Waals surface area (Å²) in [6, 6.07) is 8.70. The van der Waals surface area contributed by atoms with E-state index in [0.29, 0.717) is 0 Å². The first-order valence-electron chi connectivity index (χ1n) is 3.07. The number of rotatable bonds is 0. The quantitative estimate of drug-likeness (QED) is 0.608. The van der Waals surface area contributed by atoms with E-state index in [2.05, 4.69) is 34.2 Å². The molecule has 0 fully saturated rings. The minimum absolute atomic E-state index is 0.398. The molecule has 0 saturated heterocycles. The van der Waals surface area contributed by atoms with Crippen molar-refractivity contribution in [3.8, 4) is 0 Å². The minimum atomic E-state index is -0.398. The van der Waals surface area contributed by atoms with Crippen LogP contribution in [0.1, 0.15) is 5.56 Å². The second kappa shape index (κ2) is 2.22. The van der Waals surface area contributed by atoms with Crippen LogP contribution in [0, 0.1) is 0 Å². The van der Waals surface area contributed by atoms with E-state index in [1.54, 1.807) is 3.32 Å². The Balaban J connectivity index is 2.63. The molecule has 1 radical (unpaired) electrons. The van der Waals surface area contributed by atoms with Gasteiger partial charge in [-0.05, 0) is 0 Å². The van der Waals surface area contributed by atoms with Gasteiger partial charge in [-0.3, -0.25) is 0 Å². The Hall–Kier alpha value is -0.170. The molecular weight excluding hydrogens is 211 g/mol.